The van der Waals surface area contributed by atoms with Crippen molar-refractivity contribution in [1.82, 2.24) is 5.32 Å². The number of amides is 2. The average molecular weight is 354 g/mol. The van der Waals surface area contributed by atoms with Gasteiger partial charge in [0.1, 0.15) is 5.82 Å². The maximum atomic E-state index is 12.9. The van der Waals surface area contributed by atoms with Crippen LogP contribution in [0.1, 0.15) is 35.3 Å². The zero-order valence-electron chi connectivity index (χ0n) is 15.2. The molecular weight excluding hydrogens is 331 g/mol. The molecule has 2 N–H and O–H groups in total. The van der Waals surface area contributed by atoms with Crippen molar-refractivity contribution in [3.8, 4) is 0 Å². The number of benzene rings is 2. The van der Waals surface area contributed by atoms with Crippen LogP contribution in [-0.4, -0.2) is 18.4 Å². The van der Waals surface area contributed by atoms with Crippen LogP contribution >= 0.6 is 0 Å². The Balaban J connectivity index is 1.99. The summed E-state index contributed by atoms with van der Waals surface area (Å²) in [6, 6.07) is 11.0. The number of aryl methyl sites for hydroxylation is 1. The molecule has 0 aliphatic heterocycles. The predicted molar refractivity (Wildman–Crippen MR) is 102 cm³/mol. The second kappa shape index (κ2) is 8.94. The molecule has 0 fully saturated rings. The Morgan fingerprint density at radius 1 is 1.12 bits per heavy atom. The minimum atomic E-state index is -0.320. The molecule has 0 saturated carbocycles. The first kappa shape index (κ1) is 19.4. The van der Waals surface area contributed by atoms with Crippen LogP contribution in [0.4, 0.5) is 10.1 Å². The van der Waals surface area contributed by atoms with Gasteiger partial charge in [-0.05, 0) is 60.4 Å². The van der Waals surface area contributed by atoms with Gasteiger partial charge in [-0.2, -0.15) is 0 Å². The van der Waals surface area contributed by atoms with E-state index in [9.17, 15) is 14.0 Å². The van der Waals surface area contributed by atoms with Gasteiger partial charge in [0.25, 0.3) is 5.91 Å². The summed E-state index contributed by atoms with van der Waals surface area (Å²) in [5, 5.41) is 5.64. The number of halogens is 1. The van der Waals surface area contributed by atoms with Gasteiger partial charge in [-0.3, -0.25) is 9.59 Å². The summed E-state index contributed by atoms with van der Waals surface area (Å²) in [4.78, 5) is 24.1. The van der Waals surface area contributed by atoms with E-state index in [0.717, 1.165) is 11.1 Å². The molecule has 0 aromatic heterocycles. The van der Waals surface area contributed by atoms with Crippen molar-refractivity contribution < 1.29 is 14.0 Å². The van der Waals surface area contributed by atoms with Crippen molar-refractivity contribution in [3.63, 3.8) is 0 Å². The highest BCUT2D eigenvalue weighted by atomic mass is 19.1. The second-order valence-corrected chi connectivity index (χ2v) is 6.51. The lowest BCUT2D eigenvalue weighted by atomic mass is 10.1. The summed E-state index contributed by atoms with van der Waals surface area (Å²) in [6.45, 7) is 6.51. The highest BCUT2D eigenvalue weighted by Gasteiger charge is 2.09. The fourth-order valence-electron chi connectivity index (χ4n) is 2.26. The molecule has 0 radical (unpaired) electrons. The molecule has 2 rings (SSSR count). The van der Waals surface area contributed by atoms with Crippen LogP contribution in [0.15, 0.2) is 48.5 Å². The van der Waals surface area contributed by atoms with E-state index in [-0.39, 0.29) is 17.6 Å². The Bertz CT molecular complexity index is 811. The lowest BCUT2D eigenvalue weighted by Crippen LogP contribution is -2.27. The fourth-order valence-corrected chi connectivity index (χ4v) is 2.26. The third-order valence-electron chi connectivity index (χ3n) is 3.71. The lowest BCUT2D eigenvalue weighted by molar-refractivity contribution is -0.111. The highest BCUT2D eigenvalue weighted by molar-refractivity contribution is 6.03. The summed E-state index contributed by atoms with van der Waals surface area (Å²) in [5.41, 5.74) is 2.73. The lowest BCUT2D eigenvalue weighted by Gasteiger charge is -2.11. The largest absolute Gasteiger partial charge is 0.352 e. The van der Waals surface area contributed by atoms with E-state index in [4.69, 9.17) is 0 Å². The zero-order chi connectivity index (χ0) is 19.1. The van der Waals surface area contributed by atoms with Crippen LogP contribution in [0.2, 0.25) is 0 Å². The van der Waals surface area contributed by atoms with Gasteiger partial charge in [0.15, 0.2) is 0 Å². The molecular formula is C21H23FN2O2. The topological polar surface area (TPSA) is 58.2 Å². The summed E-state index contributed by atoms with van der Waals surface area (Å²) in [5.74, 6) is -0.364. The van der Waals surface area contributed by atoms with Crippen LogP contribution in [0.25, 0.3) is 6.08 Å². The van der Waals surface area contributed by atoms with Crippen LogP contribution < -0.4 is 10.6 Å². The molecule has 0 heterocycles. The van der Waals surface area contributed by atoms with Gasteiger partial charge in [-0.1, -0.05) is 26.0 Å². The van der Waals surface area contributed by atoms with Gasteiger partial charge in [-0.25, -0.2) is 4.39 Å². The smallest absolute Gasteiger partial charge is 0.251 e. The zero-order valence-corrected chi connectivity index (χ0v) is 15.2. The highest BCUT2D eigenvalue weighted by Crippen LogP contribution is 2.17. The van der Waals surface area contributed by atoms with E-state index in [1.54, 1.807) is 36.4 Å². The van der Waals surface area contributed by atoms with Gasteiger partial charge < -0.3 is 10.6 Å². The first-order valence-electron chi connectivity index (χ1n) is 8.48. The molecule has 0 bridgehead atoms. The number of nitrogens with one attached hydrogen (secondary N) is 2. The molecule has 4 nitrogen and oxygen atoms in total. The summed E-state index contributed by atoms with van der Waals surface area (Å²) in [6.07, 6.45) is 2.99. The van der Waals surface area contributed by atoms with Gasteiger partial charge in [0.05, 0.1) is 0 Å². The molecule has 0 unspecified atom stereocenters. The Morgan fingerprint density at radius 2 is 1.81 bits per heavy atom. The molecule has 136 valence electrons. The van der Waals surface area contributed by atoms with Crippen molar-refractivity contribution in [1.29, 1.82) is 0 Å². The molecule has 2 aromatic rings. The number of anilines is 1. The van der Waals surface area contributed by atoms with E-state index in [1.165, 1.54) is 18.2 Å². The molecule has 0 spiro atoms. The fraction of sp³-hybridized carbons (Fsp3) is 0.238. The minimum absolute atomic E-state index is 0.129. The van der Waals surface area contributed by atoms with Crippen LogP contribution in [0.5, 0.6) is 0 Å². The van der Waals surface area contributed by atoms with Crippen LogP contribution in [0, 0.1) is 18.7 Å². The quantitative estimate of drug-likeness (QED) is 0.765. The van der Waals surface area contributed by atoms with Gasteiger partial charge in [-0.15, -0.1) is 0 Å². The van der Waals surface area contributed by atoms with E-state index < -0.39 is 0 Å². The van der Waals surface area contributed by atoms with Gasteiger partial charge in [0.2, 0.25) is 5.91 Å². The van der Waals surface area contributed by atoms with E-state index >= 15 is 0 Å². The first-order chi connectivity index (χ1) is 12.3. The molecule has 0 aliphatic carbocycles. The van der Waals surface area contributed by atoms with Crippen molar-refractivity contribution in [3.05, 3.63) is 71.0 Å². The minimum Gasteiger partial charge on any atom is -0.352 e. The number of carbonyl (C=O) groups excluding carboxylic acids is 2. The summed E-state index contributed by atoms with van der Waals surface area (Å²) in [7, 11) is 0. The van der Waals surface area contributed by atoms with E-state index in [2.05, 4.69) is 10.6 Å². The summed E-state index contributed by atoms with van der Waals surface area (Å²) < 4.78 is 12.9. The third kappa shape index (κ3) is 5.84. The molecule has 5 heteroatoms. The number of carbonyl (C=O) groups is 2. The number of rotatable bonds is 6. The molecule has 0 aliphatic rings. The number of hydrogen-bond donors (Lipinski definition) is 2. The van der Waals surface area contributed by atoms with Crippen LogP contribution in [-0.2, 0) is 4.79 Å². The maximum absolute atomic E-state index is 12.9. The molecule has 2 amide bonds. The van der Waals surface area contributed by atoms with Crippen molar-refractivity contribution in [2.24, 2.45) is 5.92 Å². The predicted octanol–water partition coefficient (Wildman–Crippen LogP) is 4.17. The van der Waals surface area contributed by atoms with Crippen molar-refractivity contribution >= 4 is 23.6 Å². The van der Waals surface area contributed by atoms with E-state index in [1.807, 2.05) is 20.8 Å². The average Bonchev–Trinajstić information content (AvgIpc) is 2.61. The Labute approximate surface area is 153 Å². The molecule has 0 atom stereocenters. The third-order valence-corrected chi connectivity index (χ3v) is 3.71. The summed E-state index contributed by atoms with van der Waals surface area (Å²) >= 11 is 0. The Kier molecular flexibility index (Phi) is 6.67. The van der Waals surface area contributed by atoms with Crippen LogP contribution in [0.3, 0.4) is 0 Å². The Morgan fingerprint density at radius 3 is 2.42 bits per heavy atom. The SMILES string of the molecule is Cc1cc(C(=O)NCC(C)C)ccc1NC(=O)/C=C/c1ccc(F)cc1. The van der Waals surface area contributed by atoms with Crippen molar-refractivity contribution in [2.45, 2.75) is 20.8 Å². The molecule has 26 heavy (non-hydrogen) atoms. The van der Waals surface area contributed by atoms with Gasteiger partial charge in [0, 0.05) is 23.9 Å². The molecule has 2 aromatic carbocycles. The normalized spacial score (nSPS) is 11.0. The van der Waals surface area contributed by atoms with Crippen molar-refractivity contribution in [2.75, 3.05) is 11.9 Å². The second-order valence-electron chi connectivity index (χ2n) is 6.51. The van der Waals surface area contributed by atoms with E-state index in [0.29, 0.717) is 23.7 Å². The Hall–Kier alpha value is -2.95. The monoisotopic (exact) mass is 354 g/mol. The standard InChI is InChI=1S/C21H23FN2O2/c1-14(2)13-23-21(26)17-7-10-19(15(3)12-17)24-20(25)11-6-16-4-8-18(22)9-5-16/h4-12,14H,13H2,1-3H3,(H,23,26)(H,24,25)/b11-6+. The number of hydrogen-bond acceptors (Lipinski definition) is 2. The first-order valence-corrected chi connectivity index (χ1v) is 8.48. The van der Waals surface area contributed by atoms with Gasteiger partial charge >= 0.3 is 0 Å². The maximum Gasteiger partial charge on any atom is 0.251 e. The molecule has 0 saturated heterocycles.